The molecule has 118 valence electrons. The first-order valence-corrected chi connectivity index (χ1v) is 7.93. The summed E-state index contributed by atoms with van der Waals surface area (Å²) in [6, 6.07) is -0.0520. The first-order chi connectivity index (χ1) is 9.26. The van der Waals surface area contributed by atoms with Gasteiger partial charge in [-0.3, -0.25) is 0 Å². The molecule has 1 aliphatic rings. The minimum Gasteiger partial charge on any atom is -0.396 e. The number of carbonyl (C=O) groups is 1. The van der Waals surface area contributed by atoms with Gasteiger partial charge >= 0.3 is 6.03 Å². The van der Waals surface area contributed by atoms with Gasteiger partial charge in [-0.05, 0) is 56.8 Å². The van der Waals surface area contributed by atoms with Gasteiger partial charge in [0.1, 0.15) is 0 Å². The number of aliphatic hydroxyl groups is 1. The lowest BCUT2D eigenvalue weighted by Crippen LogP contribution is -2.52. The summed E-state index contributed by atoms with van der Waals surface area (Å²) in [7, 11) is 0. The molecule has 0 aromatic rings. The van der Waals surface area contributed by atoms with Gasteiger partial charge in [-0.15, -0.1) is 0 Å². The normalized spacial score (nSPS) is 27.1. The van der Waals surface area contributed by atoms with Crippen LogP contribution in [0.3, 0.4) is 0 Å². The average molecular weight is 284 g/mol. The maximum Gasteiger partial charge on any atom is 0.315 e. The largest absolute Gasteiger partial charge is 0.396 e. The number of rotatable bonds is 6. The van der Waals surface area contributed by atoms with Crippen molar-refractivity contribution in [3.8, 4) is 0 Å². The second-order valence-corrected chi connectivity index (χ2v) is 7.55. The van der Waals surface area contributed by atoms with Gasteiger partial charge in [0.05, 0.1) is 0 Å². The smallest absolute Gasteiger partial charge is 0.315 e. The van der Waals surface area contributed by atoms with Gasteiger partial charge in [0.15, 0.2) is 0 Å². The fourth-order valence-corrected chi connectivity index (χ4v) is 2.69. The lowest BCUT2D eigenvalue weighted by molar-refractivity contribution is 0.147. The SMILES string of the molecule is CC1CCC(C)(NC(=O)NCCCC(C)(C)CO)CC1. The van der Waals surface area contributed by atoms with Crippen LogP contribution in [-0.4, -0.2) is 29.8 Å². The maximum atomic E-state index is 11.9. The van der Waals surface area contributed by atoms with Crippen molar-refractivity contribution in [2.75, 3.05) is 13.2 Å². The zero-order chi connectivity index (χ0) is 15.2. The van der Waals surface area contributed by atoms with Crippen molar-refractivity contribution in [3.05, 3.63) is 0 Å². The molecule has 0 radical (unpaired) electrons. The second kappa shape index (κ2) is 7.30. The van der Waals surface area contributed by atoms with E-state index in [1.54, 1.807) is 0 Å². The van der Waals surface area contributed by atoms with Gasteiger partial charge in [-0.25, -0.2) is 4.79 Å². The van der Waals surface area contributed by atoms with Crippen LogP contribution in [0.1, 0.15) is 66.2 Å². The Labute approximate surface area is 123 Å². The fraction of sp³-hybridized carbons (Fsp3) is 0.938. The molecule has 2 amide bonds. The van der Waals surface area contributed by atoms with E-state index in [0.717, 1.165) is 31.6 Å². The number of urea groups is 1. The molecule has 1 aliphatic carbocycles. The number of carbonyl (C=O) groups excluding carboxylic acids is 1. The van der Waals surface area contributed by atoms with Gasteiger partial charge in [0, 0.05) is 18.7 Å². The molecule has 0 unspecified atom stereocenters. The van der Waals surface area contributed by atoms with E-state index >= 15 is 0 Å². The van der Waals surface area contributed by atoms with Crippen molar-refractivity contribution in [2.45, 2.75) is 71.8 Å². The number of hydrogen-bond donors (Lipinski definition) is 3. The summed E-state index contributed by atoms with van der Waals surface area (Å²) in [5.74, 6) is 0.786. The first-order valence-electron chi connectivity index (χ1n) is 7.93. The third-order valence-corrected chi connectivity index (χ3v) is 4.54. The van der Waals surface area contributed by atoms with Crippen molar-refractivity contribution < 1.29 is 9.90 Å². The van der Waals surface area contributed by atoms with Crippen LogP contribution in [0.2, 0.25) is 0 Å². The Morgan fingerprint density at radius 3 is 2.50 bits per heavy atom. The maximum absolute atomic E-state index is 11.9. The zero-order valence-electron chi connectivity index (χ0n) is 13.6. The monoisotopic (exact) mass is 284 g/mol. The van der Waals surface area contributed by atoms with Crippen LogP contribution in [0.15, 0.2) is 0 Å². The Hall–Kier alpha value is -0.770. The summed E-state index contributed by atoms with van der Waals surface area (Å²) in [5, 5.41) is 15.2. The van der Waals surface area contributed by atoms with Gasteiger partial charge in [0.2, 0.25) is 0 Å². The van der Waals surface area contributed by atoms with Gasteiger partial charge in [0.25, 0.3) is 0 Å². The average Bonchev–Trinajstić information content (AvgIpc) is 2.39. The predicted octanol–water partition coefficient (Wildman–Crippen LogP) is 3.05. The molecule has 3 N–H and O–H groups in total. The Morgan fingerprint density at radius 2 is 1.95 bits per heavy atom. The van der Waals surface area contributed by atoms with E-state index in [9.17, 15) is 9.90 Å². The first kappa shape index (κ1) is 17.3. The van der Waals surface area contributed by atoms with Crippen LogP contribution in [0.4, 0.5) is 4.79 Å². The molecule has 1 fully saturated rings. The fourth-order valence-electron chi connectivity index (χ4n) is 2.69. The standard InChI is InChI=1S/C16H32N2O2/c1-13-6-9-16(4,10-7-13)18-14(20)17-11-5-8-15(2,3)12-19/h13,19H,5-12H2,1-4H3,(H2,17,18,20). The summed E-state index contributed by atoms with van der Waals surface area (Å²) in [4.78, 5) is 11.9. The minimum absolute atomic E-state index is 0.0407. The highest BCUT2D eigenvalue weighted by molar-refractivity contribution is 5.74. The minimum atomic E-state index is -0.0520. The highest BCUT2D eigenvalue weighted by atomic mass is 16.3. The van der Waals surface area contributed by atoms with E-state index in [0.29, 0.717) is 6.54 Å². The molecule has 0 spiro atoms. The van der Waals surface area contributed by atoms with Gasteiger partial charge < -0.3 is 15.7 Å². The summed E-state index contributed by atoms with van der Waals surface area (Å²) in [6.45, 7) is 9.36. The summed E-state index contributed by atoms with van der Waals surface area (Å²) >= 11 is 0. The third-order valence-electron chi connectivity index (χ3n) is 4.54. The van der Waals surface area contributed by atoms with E-state index < -0.39 is 0 Å². The van der Waals surface area contributed by atoms with Crippen LogP contribution in [0.25, 0.3) is 0 Å². The van der Waals surface area contributed by atoms with Crippen molar-refractivity contribution in [2.24, 2.45) is 11.3 Å². The lowest BCUT2D eigenvalue weighted by Gasteiger charge is -2.37. The molecule has 1 saturated carbocycles. The topological polar surface area (TPSA) is 61.4 Å². The Bertz CT molecular complexity index is 308. The van der Waals surface area contributed by atoms with E-state index in [-0.39, 0.29) is 23.6 Å². The summed E-state index contributed by atoms with van der Waals surface area (Å²) in [5.41, 5.74) is -0.0927. The van der Waals surface area contributed by atoms with Crippen molar-refractivity contribution in [1.29, 1.82) is 0 Å². The van der Waals surface area contributed by atoms with E-state index in [4.69, 9.17) is 0 Å². The molecule has 0 saturated heterocycles. The van der Waals surface area contributed by atoms with Crippen LogP contribution in [0.5, 0.6) is 0 Å². The van der Waals surface area contributed by atoms with Crippen molar-refractivity contribution >= 4 is 6.03 Å². The Morgan fingerprint density at radius 1 is 1.35 bits per heavy atom. The summed E-state index contributed by atoms with van der Waals surface area (Å²) < 4.78 is 0. The molecule has 0 bridgehead atoms. The van der Waals surface area contributed by atoms with Crippen molar-refractivity contribution in [1.82, 2.24) is 10.6 Å². The highest BCUT2D eigenvalue weighted by Crippen LogP contribution is 2.31. The predicted molar refractivity (Wildman–Crippen MR) is 82.7 cm³/mol. The van der Waals surface area contributed by atoms with E-state index in [1.807, 2.05) is 13.8 Å². The van der Waals surface area contributed by atoms with Crippen LogP contribution in [0, 0.1) is 11.3 Å². The molecule has 4 nitrogen and oxygen atoms in total. The van der Waals surface area contributed by atoms with Crippen LogP contribution in [-0.2, 0) is 0 Å². The second-order valence-electron chi connectivity index (χ2n) is 7.55. The third kappa shape index (κ3) is 6.12. The molecule has 0 aliphatic heterocycles. The number of aliphatic hydroxyl groups excluding tert-OH is 1. The Kier molecular flexibility index (Phi) is 6.31. The van der Waals surface area contributed by atoms with E-state index in [1.165, 1.54) is 12.8 Å². The Balaban J connectivity index is 2.20. The molecule has 1 rings (SSSR count). The van der Waals surface area contributed by atoms with Crippen LogP contribution >= 0.6 is 0 Å². The van der Waals surface area contributed by atoms with Gasteiger partial charge in [-0.2, -0.15) is 0 Å². The molecule has 0 aromatic heterocycles. The number of amides is 2. The molecular formula is C16H32N2O2. The lowest BCUT2D eigenvalue weighted by atomic mass is 9.78. The number of hydrogen-bond acceptors (Lipinski definition) is 2. The van der Waals surface area contributed by atoms with Gasteiger partial charge in [-0.1, -0.05) is 20.8 Å². The number of nitrogens with one attached hydrogen (secondary N) is 2. The molecule has 20 heavy (non-hydrogen) atoms. The van der Waals surface area contributed by atoms with E-state index in [2.05, 4.69) is 24.5 Å². The molecule has 0 heterocycles. The highest BCUT2D eigenvalue weighted by Gasteiger charge is 2.30. The molecule has 4 heteroatoms. The molecule has 0 aromatic carbocycles. The van der Waals surface area contributed by atoms with Crippen LogP contribution < -0.4 is 10.6 Å². The summed E-state index contributed by atoms with van der Waals surface area (Å²) in [6.07, 6.45) is 6.34. The van der Waals surface area contributed by atoms with Crippen molar-refractivity contribution in [3.63, 3.8) is 0 Å². The zero-order valence-corrected chi connectivity index (χ0v) is 13.6. The quantitative estimate of drug-likeness (QED) is 0.656. The molecular weight excluding hydrogens is 252 g/mol. The molecule has 0 atom stereocenters.